The minimum absolute atomic E-state index is 0.0260. The maximum atomic E-state index is 13.3. The molecule has 0 spiro atoms. The normalized spacial score (nSPS) is 15.0. The fourth-order valence-electron chi connectivity index (χ4n) is 4.04. The van der Waals surface area contributed by atoms with Crippen LogP contribution in [0.25, 0.3) is 11.2 Å². The topological polar surface area (TPSA) is 68.9 Å². The second-order valence-electron chi connectivity index (χ2n) is 7.43. The van der Waals surface area contributed by atoms with Gasteiger partial charge in [-0.05, 0) is 42.7 Å². The van der Waals surface area contributed by atoms with E-state index < -0.39 is 17.5 Å². The molecule has 0 atom stereocenters. The van der Waals surface area contributed by atoms with Crippen LogP contribution in [0, 0.1) is 11.6 Å². The monoisotopic (exact) mass is 400 g/mol. The molecule has 1 amide bonds. The van der Waals surface area contributed by atoms with Crippen LogP contribution in [-0.4, -0.2) is 20.0 Å². The van der Waals surface area contributed by atoms with Crippen LogP contribution >= 0.6 is 0 Å². The number of hydrogen-bond acceptors (Lipinski definition) is 3. The molecule has 1 N–H and O–H groups in total. The maximum absolute atomic E-state index is 13.3. The molecule has 0 saturated heterocycles. The van der Waals surface area contributed by atoms with E-state index in [4.69, 9.17) is 0 Å². The third kappa shape index (κ3) is 4.06. The molecule has 0 radical (unpaired) electrons. The molecular weight excluding hydrogens is 378 g/mol. The average Bonchev–Trinajstić information content (AvgIpc) is 2.98. The highest BCUT2D eigenvalue weighted by atomic mass is 19.1. The molecule has 0 unspecified atom stereocenters. The third-order valence-electron chi connectivity index (χ3n) is 5.38. The summed E-state index contributed by atoms with van der Waals surface area (Å²) in [5.41, 5.74) is 1.26. The molecule has 4 rings (SSSR count). The molecule has 3 aromatic rings. The molecule has 1 aliphatic rings. The van der Waals surface area contributed by atoms with Crippen LogP contribution in [0.2, 0.25) is 0 Å². The number of carbonyl (C=O) groups is 1. The van der Waals surface area contributed by atoms with Gasteiger partial charge in [0.05, 0.1) is 5.52 Å². The van der Waals surface area contributed by atoms with Gasteiger partial charge in [-0.15, -0.1) is 0 Å². The lowest BCUT2D eigenvalue weighted by molar-refractivity contribution is -0.121. The van der Waals surface area contributed by atoms with Crippen molar-refractivity contribution < 1.29 is 13.6 Å². The first-order valence-electron chi connectivity index (χ1n) is 9.80. The molecular formula is C21H22F2N4O2. The summed E-state index contributed by atoms with van der Waals surface area (Å²) in [6, 6.07) is 6.70. The smallest absolute Gasteiger partial charge is 0.331 e. The van der Waals surface area contributed by atoms with Crippen molar-refractivity contribution >= 4 is 17.1 Å². The highest BCUT2D eigenvalue weighted by Gasteiger charge is 2.23. The summed E-state index contributed by atoms with van der Waals surface area (Å²) in [6.07, 6.45) is 6.80. The Balaban J connectivity index is 1.56. The third-order valence-corrected chi connectivity index (χ3v) is 5.38. The van der Waals surface area contributed by atoms with E-state index in [0.717, 1.165) is 43.9 Å². The average molecular weight is 400 g/mol. The van der Waals surface area contributed by atoms with E-state index in [9.17, 15) is 18.4 Å². The highest BCUT2D eigenvalue weighted by molar-refractivity contribution is 5.79. The van der Waals surface area contributed by atoms with Gasteiger partial charge in [0.2, 0.25) is 5.91 Å². The SMILES string of the molecule is O=C(Cn1c(=O)n(C2CCCCC2)c2ncccc21)NCc1cc(F)cc(F)c1. The van der Waals surface area contributed by atoms with Crippen LogP contribution in [0.15, 0.2) is 41.3 Å². The number of nitrogens with one attached hydrogen (secondary N) is 1. The van der Waals surface area contributed by atoms with Crippen molar-refractivity contribution in [3.8, 4) is 0 Å². The van der Waals surface area contributed by atoms with Gasteiger partial charge in [-0.1, -0.05) is 19.3 Å². The van der Waals surface area contributed by atoms with E-state index in [0.29, 0.717) is 16.7 Å². The van der Waals surface area contributed by atoms with Crippen molar-refractivity contribution in [3.05, 3.63) is 64.2 Å². The Bertz CT molecular complexity index is 1080. The van der Waals surface area contributed by atoms with Crippen LogP contribution < -0.4 is 11.0 Å². The zero-order valence-electron chi connectivity index (χ0n) is 15.9. The van der Waals surface area contributed by atoms with Crippen molar-refractivity contribution in [2.75, 3.05) is 0 Å². The first kappa shape index (κ1) is 19.3. The van der Waals surface area contributed by atoms with Crippen molar-refractivity contribution in [2.24, 2.45) is 0 Å². The number of pyridine rings is 1. The molecule has 8 heteroatoms. The summed E-state index contributed by atoms with van der Waals surface area (Å²) in [6.45, 7) is -0.208. The van der Waals surface area contributed by atoms with E-state index in [1.807, 2.05) is 0 Å². The Labute approximate surface area is 166 Å². The van der Waals surface area contributed by atoms with Crippen LogP contribution in [0.5, 0.6) is 0 Å². The number of imidazole rings is 1. The van der Waals surface area contributed by atoms with Crippen molar-refractivity contribution in [2.45, 2.75) is 51.2 Å². The van der Waals surface area contributed by atoms with Gasteiger partial charge in [0, 0.05) is 24.8 Å². The summed E-state index contributed by atoms with van der Waals surface area (Å²) >= 11 is 0. The number of aromatic nitrogens is 3. The van der Waals surface area contributed by atoms with E-state index in [1.54, 1.807) is 22.9 Å². The second-order valence-corrected chi connectivity index (χ2v) is 7.43. The molecule has 2 aromatic heterocycles. The second kappa shape index (κ2) is 8.14. The minimum atomic E-state index is -0.702. The summed E-state index contributed by atoms with van der Waals surface area (Å²) in [5.74, 6) is -1.82. The van der Waals surface area contributed by atoms with Crippen molar-refractivity contribution in [3.63, 3.8) is 0 Å². The van der Waals surface area contributed by atoms with Crippen LogP contribution in [0.3, 0.4) is 0 Å². The van der Waals surface area contributed by atoms with Crippen molar-refractivity contribution in [1.82, 2.24) is 19.4 Å². The maximum Gasteiger partial charge on any atom is 0.331 e. The van der Waals surface area contributed by atoms with Gasteiger partial charge in [-0.2, -0.15) is 0 Å². The lowest BCUT2D eigenvalue weighted by Crippen LogP contribution is -2.34. The minimum Gasteiger partial charge on any atom is -0.350 e. The Morgan fingerprint density at radius 3 is 2.59 bits per heavy atom. The quantitative estimate of drug-likeness (QED) is 0.715. The zero-order chi connectivity index (χ0) is 20.4. The summed E-state index contributed by atoms with van der Waals surface area (Å²) in [4.78, 5) is 29.9. The van der Waals surface area contributed by atoms with Crippen LogP contribution in [0.4, 0.5) is 8.78 Å². The summed E-state index contributed by atoms with van der Waals surface area (Å²) in [7, 11) is 0. The number of amides is 1. The van der Waals surface area contributed by atoms with Gasteiger partial charge in [0.1, 0.15) is 18.2 Å². The number of nitrogens with zero attached hydrogens (tertiary/aromatic N) is 3. The van der Waals surface area contributed by atoms with Gasteiger partial charge in [0.25, 0.3) is 0 Å². The molecule has 0 aliphatic heterocycles. The molecule has 152 valence electrons. The van der Waals surface area contributed by atoms with Crippen LogP contribution in [0.1, 0.15) is 43.7 Å². The number of rotatable bonds is 5. The molecule has 1 fully saturated rings. The predicted molar refractivity (Wildman–Crippen MR) is 104 cm³/mol. The molecule has 1 saturated carbocycles. The van der Waals surface area contributed by atoms with Crippen molar-refractivity contribution in [1.29, 1.82) is 0 Å². The lowest BCUT2D eigenvalue weighted by atomic mass is 9.95. The van der Waals surface area contributed by atoms with Gasteiger partial charge < -0.3 is 5.32 Å². The number of carbonyl (C=O) groups excluding carboxylic acids is 1. The zero-order valence-corrected chi connectivity index (χ0v) is 15.9. The Morgan fingerprint density at radius 1 is 1.14 bits per heavy atom. The van der Waals surface area contributed by atoms with E-state index in [2.05, 4.69) is 10.3 Å². The van der Waals surface area contributed by atoms with E-state index >= 15 is 0 Å². The number of benzene rings is 1. The molecule has 6 nitrogen and oxygen atoms in total. The van der Waals surface area contributed by atoms with Gasteiger partial charge >= 0.3 is 5.69 Å². The van der Waals surface area contributed by atoms with Gasteiger partial charge in [0.15, 0.2) is 5.65 Å². The molecule has 29 heavy (non-hydrogen) atoms. The molecule has 1 aliphatic carbocycles. The fraction of sp³-hybridized carbons (Fsp3) is 0.381. The van der Waals surface area contributed by atoms with Gasteiger partial charge in [-0.3, -0.25) is 13.9 Å². The summed E-state index contributed by atoms with van der Waals surface area (Å²) < 4.78 is 29.7. The Morgan fingerprint density at radius 2 is 1.86 bits per heavy atom. The number of halogens is 2. The first-order valence-corrected chi connectivity index (χ1v) is 9.80. The molecule has 2 heterocycles. The Kier molecular flexibility index (Phi) is 5.42. The largest absolute Gasteiger partial charge is 0.350 e. The first-order chi connectivity index (χ1) is 14.0. The highest BCUT2D eigenvalue weighted by Crippen LogP contribution is 2.29. The lowest BCUT2D eigenvalue weighted by Gasteiger charge is -2.22. The van der Waals surface area contributed by atoms with Crippen LogP contribution in [-0.2, 0) is 17.9 Å². The summed E-state index contributed by atoms with van der Waals surface area (Å²) in [5, 5.41) is 2.62. The van der Waals surface area contributed by atoms with E-state index in [1.165, 1.54) is 11.0 Å². The van der Waals surface area contributed by atoms with Gasteiger partial charge in [-0.25, -0.2) is 18.6 Å². The predicted octanol–water partition coefficient (Wildman–Crippen LogP) is 3.30. The number of hydrogen-bond donors (Lipinski definition) is 1. The van der Waals surface area contributed by atoms with E-state index in [-0.39, 0.29) is 24.8 Å². The standard InChI is InChI=1S/C21H22F2N4O2/c22-15-9-14(10-16(23)11-15)12-25-19(28)13-26-18-7-4-8-24-20(18)27(21(26)29)17-5-2-1-3-6-17/h4,7-11,17H,1-3,5-6,12-13H2,(H,25,28). The fourth-order valence-corrected chi connectivity index (χ4v) is 4.04. The molecule has 0 bridgehead atoms. The molecule has 1 aromatic carbocycles. The number of fused-ring (bicyclic) bond motifs is 1. The Hall–Kier alpha value is -3.03.